The van der Waals surface area contributed by atoms with Crippen LogP contribution in [0.2, 0.25) is 0 Å². The second-order valence-corrected chi connectivity index (χ2v) is 5.79. The Morgan fingerprint density at radius 2 is 2.04 bits per heavy atom. The molecule has 0 bridgehead atoms. The molecule has 0 saturated heterocycles. The maximum atomic E-state index is 12.1. The summed E-state index contributed by atoms with van der Waals surface area (Å²) in [5.74, 6) is -2.11. The minimum atomic E-state index is -5.08. The molecule has 3 heterocycles. The zero-order chi connectivity index (χ0) is 20.2. The van der Waals surface area contributed by atoms with Crippen molar-refractivity contribution >= 4 is 33.5 Å². The summed E-state index contributed by atoms with van der Waals surface area (Å²) in [6.45, 7) is 2.26. The van der Waals surface area contributed by atoms with E-state index in [0.717, 1.165) is 11.5 Å². The van der Waals surface area contributed by atoms with E-state index >= 15 is 0 Å². The SMILES string of the molecule is Cc1ncc(CNC(=O)c2ccc3nc(Br)nn3c2)[nH]1.O=C(O)C(F)(F)F. The van der Waals surface area contributed by atoms with Gasteiger partial charge in [-0.05, 0) is 35.0 Å². The number of amides is 1. The zero-order valence-corrected chi connectivity index (χ0v) is 15.2. The largest absolute Gasteiger partial charge is 0.490 e. The molecule has 13 heteroatoms. The monoisotopic (exact) mass is 448 g/mol. The molecule has 3 aromatic rings. The summed E-state index contributed by atoms with van der Waals surface area (Å²) in [4.78, 5) is 32.2. The first kappa shape index (κ1) is 20.4. The van der Waals surface area contributed by atoms with E-state index in [1.807, 2.05) is 6.92 Å². The van der Waals surface area contributed by atoms with Gasteiger partial charge < -0.3 is 15.4 Å². The summed E-state index contributed by atoms with van der Waals surface area (Å²) in [5.41, 5.74) is 2.06. The quantitative estimate of drug-likeness (QED) is 0.563. The van der Waals surface area contributed by atoms with E-state index in [2.05, 4.69) is 41.3 Å². The second kappa shape index (κ2) is 8.16. The Balaban J connectivity index is 0.000000321. The molecule has 0 saturated carbocycles. The number of nitrogens with zero attached hydrogens (tertiary/aromatic N) is 4. The molecule has 0 aromatic carbocycles. The number of rotatable bonds is 3. The number of hydrogen-bond donors (Lipinski definition) is 3. The highest BCUT2D eigenvalue weighted by Crippen LogP contribution is 2.13. The highest BCUT2D eigenvalue weighted by molar-refractivity contribution is 9.10. The van der Waals surface area contributed by atoms with Crippen LogP contribution in [0.4, 0.5) is 13.2 Å². The maximum absolute atomic E-state index is 12.1. The van der Waals surface area contributed by atoms with Crippen LogP contribution in [-0.2, 0) is 11.3 Å². The minimum absolute atomic E-state index is 0.175. The van der Waals surface area contributed by atoms with Crippen LogP contribution in [-0.4, -0.2) is 47.7 Å². The summed E-state index contributed by atoms with van der Waals surface area (Å²) in [5, 5.41) is 14.0. The maximum Gasteiger partial charge on any atom is 0.490 e. The number of hydrogen-bond acceptors (Lipinski definition) is 5. The third kappa shape index (κ3) is 5.77. The Bertz CT molecular complexity index is 969. The number of halogens is 4. The van der Waals surface area contributed by atoms with Gasteiger partial charge in [0.05, 0.1) is 24.0 Å². The summed E-state index contributed by atoms with van der Waals surface area (Å²) >= 11 is 3.20. The molecule has 144 valence electrons. The van der Waals surface area contributed by atoms with E-state index in [4.69, 9.17) is 9.90 Å². The molecule has 0 atom stereocenters. The van der Waals surface area contributed by atoms with Crippen LogP contribution in [0.3, 0.4) is 0 Å². The van der Waals surface area contributed by atoms with Crippen LogP contribution < -0.4 is 5.32 Å². The summed E-state index contributed by atoms with van der Waals surface area (Å²) < 4.78 is 33.8. The van der Waals surface area contributed by atoms with Gasteiger partial charge in [0.15, 0.2) is 5.65 Å². The Labute approximate surface area is 157 Å². The Morgan fingerprint density at radius 1 is 1.37 bits per heavy atom. The van der Waals surface area contributed by atoms with Crippen LogP contribution in [0.25, 0.3) is 5.65 Å². The third-order valence-electron chi connectivity index (χ3n) is 3.00. The number of fused-ring (bicyclic) bond motifs is 1. The van der Waals surface area contributed by atoms with Gasteiger partial charge in [-0.25, -0.2) is 19.3 Å². The van der Waals surface area contributed by atoms with Crippen molar-refractivity contribution in [3.63, 3.8) is 0 Å². The molecule has 3 aromatic heterocycles. The number of carboxylic acids is 1. The van der Waals surface area contributed by atoms with Gasteiger partial charge in [-0.3, -0.25) is 4.79 Å². The van der Waals surface area contributed by atoms with E-state index in [1.165, 1.54) is 0 Å². The molecule has 0 aliphatic carbocycles. The summed E-state index contributed by atoms with van der Waals surface area (Å²) in [6.07, 6.45) is -1.74. The lowest BCUT2D eigenvalue weighted by Gasteiger charge is -2.03. The van der Waals surface area contributed by atoms with Crippen LogP contribution in [0.15, 0.2) is 29.3 Å². The molecule has 9 nitrogen and oxygen atoms in total. The summed E-state index contributed by atoms with van der Waals surface area (Å²) in [6, 6.07) is 3.46. The predicted molar refractivity (Wildman–Crippen MR) is 88.9 cm³/mol. The molecule has 3 rings (SSSR count). The number of aromatic amines is 1. The van der Waals surface area contributed by atoms with E-state index in [0.29, 0.717) is 22.5 Å². The molecule has 0 aliphatic rings. The first-order valence-electron chi connectivity index (χ1n) is 7.17. The van der Waals surface area contributed by atoms with Crippen LogP contribution in [0.1, 0.15) is 21.9 Å². The average Bonchev–Trinajstić information content (AvgIpc) is 3.15. The first-order chi connectivity index (χ1) is 12.6. The molecular formula is C14H12BrF3N6O3. The number of pyridine rings is 1. The number of alkyl halides is 3. The van der Waals surface area contributed by atoms with Gasteiger partial charge in [-0.15, -0.1) is 5.10 Å². The topological polar surface area (TPSA) is 125 Å². The van der Waals surface area contributed by atoms with Gasteiger partial charge in [0.25, 0.3) is 5.91 Å². The van der Waals surface area contributed by atoms with Gasteiger partial charge >= 0.3 is 12.1 Å². The number of aromatic nitrogens is 5. The van der Waals surface area contributed by atoms with Crippen molar-refractivity contribution in [3.05, 3.63) is 46.3 Å². The Hall–Kier alpha value is -2.96. The smallest absolute Gasteiger partial charge is 0.475 e. The minimum Gasteiger partial charge on any atom is -0.475 e. The van der Waals surface area contributed by atoms with E-state index in [1.54, 1.807) is 29.0 Å². The molecule has 0 aliphatic heterocycles. The number of nitrogens with one attached hydrogen (secondary N) is 2. The molecule has 27 heavy (non-hydrogen) atoms. The van der Waals surface area contributed by atoms with Crippen molar-refractivity contribution in [2.75, 3.05) is 0 Å². The molecule has 0 spiro atoms. The lowest BCUT2D eigenvalue weighted by Crippen LogP contribution is -2.23. The van der Waals surface area contributed by atoms with Crippen LogP contribution >= 0.6 is 15.9 Å². The lowest BCUT2D eigenvalue weighted by atomic mass is 10.2. The van der Waals surface area contributed by atoms with E-state index in [9.17, 15) is 18.0 Å². The normalized spacial score (nSPS) is 11.0. The van der Waals surface area contributed by atoms with Gasteiger partial charge in [-0.2, -0.15) is 13.2 Å². The van der Waals surface area contributed by atoms with Crippen molar-refractivity contribution in [2.45, 2.75) is 19.6 Å². The Kier molecular flexibility index (Phi) is 6.15. The van der Waals surface area contributed by atoms with Crippen molar-refractivity contribution < 1.29 is 27.9 Å². The second-order valence-electron chi connectivity index (χ2n) is 5.08. The fourth-order valence-electron chi connectivity index (χ4n) is 1.83. The predicted octanol–water partition coefficient (Wildman–Crippen LogP) is 2.09. The standard InChI is InChI=1S/C12H11BrN6O.C2HF3O2/c1-7-14-4-9(16-7)5-15-11(20)8-2-3-10-17-12(13)18-19(10)6-8;3-2(4,5)1(6)7/h2-4,6H,5H2,1H3,(H,14,16)(H,15,20);(H,6,7). The fourth-order valence-corrected chi connectivity index (χ4v) is 2.18. The number of H-pyrrole nitrogens is 1. The number of carbonyl (C=O) groups excluding carboxylic acids is 1. The molecule has 0 unspecified atom stereocenters. The zero-order valence-electron chi connectivity index (χ0n) is 13.6. The Morgan fingerprint density at radius 3 is 2.59 bits per heavy atom. The van der Waals surface area contributed by atoms with E-state index in [-0.39, 0.29) is 5.91 Å². The molecule has 0 fully saturated rings. The summed E-state index contributed by atoms with van der Waals surface area (Å²) in [7, 11) is 0. The van der Waals surface area contributed by atoms with Crippen molar-refractivity contribution in [1.29, 1.82) is 0 Å². The number of imidazole rings is 1. The van der Waals surface area contributed by atoms with Crippen LogP contribution in [0.5, 0.6) is 0 Å². The number of carbonyl (C=O) groups is 2. The molecule has 0 radical (unpaired) electrons. The van der Waals surface area contributed by atoms with Crippen molar-refractivity contribution in [1.82, 2.24) is 29.9 Å². The number of aliphatic carboxylic acids is 1. The van der Waals surface area contributed by atoms with Crippen molar-refractivity contribution in [3.8, 4) is 0 Å². The molecule has 1 amide bonds. The fraction of sp³-hybridized carbons (Fsp3) is 0.214. The van der Waals surface area contributed by atoms with Gasteiger partial charge in [0.1, 0.15) is 5.82 Å². The number of carboxylic acid groups (broad SMARTS) is 1. The van der Waals surface area contributed by atoms with Gasteiger partial charge in [-0.1, -0.05) is 0 Å². The highest BCUT2D eigenvalue weighted by Gasteiger charge is 2.38. The molecular weight excluding hydrogens is 437 g/mol. The van der Waals surface area contributed by atoms with Crippen LogP contribution in [0, 0.1) is 6.92 Å². The highest BCUT2D eigenvalue weighted by atomic mass is 79.9. The average molecular weight is 449 g/mol. The van der Waals surface area contributed by atoms with Crippen molar-refractivity contribution in [2.24, 2.45) is 0 Å². The number of aryl methyl sites for hydroxylation is 1. The molecule has 3 N–H and O–H groups in total. The van der Waals surface area contributed by atoms with Gasteiger partial charge in [0.2, 0.25) is 4.73 Å². The van der Waals surface area contributed by atoms with E-state index < -0.39 is 12.1 Å². The first-order valence-corrected chi connectivity index (χ1v) is 7.96. The third-order valence-corrected chi connectivity index (χ3v) is 3.34. The lowest BCUT2D eigenvalue weighted by molar-refractivity contribution is -0.192. The van der Waals surface area contributed by atoms with Gasteiger partial charge in [0, 0.05) is 6.20 Å².